The smallest absolute Gasteiger partial charge is 0.307 e. The minimum absolute atomic E-state index is 0.0147. The quantitative estimate of drug-likeness (QED) is 0.311. The highest BCUT2D eigenvalue weighted by atomic mass is 16.8. The van der Waals surface area contributed by atoms with Gasteiger partial charge in [-0.3, -0.25) is 9.69 Å². The molecule has 1 aromatic carbocycles. The first-order valence-corrected chi connectivity index (χ1v) is 13.6. The zero-order valence-electron chi connectivity index (χ0n) is 21.5. The van der Waals surface area contributed by atoms with Crippen LogP contribution in [0.2, 0.25) is 0 Å². The number of carbonyl (C=O) groups is 1. The van der Waals surface area contributed by atoms with E-state index < -0.39 is 61.2 Å². The molecule has 12 heteroatoms. The van der Waals surface area contributed by atoms with Crippen molar-refractivity contribution in [1.82, 2.24) is 4.90 Å². The fraction of sp³-hybridized carbons (Fsp3) is 0.667. The van der Waals surface area contributed by atoms with Gasteiger partial charge in [-0.25, -0.2) is 0 Å². The number of esters is 1. The van der Waals surface area contributed by atoms with Gasteiger partial charge in [0, 0.05) is 44.0 Å². The Morgan fingerprint density at radius 3 is 2.77 bits per heavy atom. The predicted molar refractivity (Wildman–Crippen MR) is 132 cm³/mol. The number of hydrogen-bond donors (Lipinski definition) is 5. The Hall–Kier alpha value is -2.29. The largest absolute Gasteiger partial charge is 0.468 e. The van der Waals surface area contributed by atoms with Gasteiger partial charge in [-0.15, -0.1) is 0 Å². The molecule has 4 fully saturated rings. The van der Waals surface area contributed by atoms with E-state index in [0.717, 1.165) is 18.7 Å². The number of piperidine rings is 1. The zero-order chi connectivity index (χ0) is 27.1. The van der Waals surface area contributed by atoms with Crippen molar-refractivity contribution in [1.29, 1.82) is 0 Å². The van der Waals surface area contributed by atoms with Crippen molar-refractivity contribution in [2.24, 2.45) is 11.8 Å². The first kappa shape index (κ1) is 25.7. The van der Waals surface area contributed by atoms with E-state index in [-0.39, 0.29) is 24.0 Å². The number of allylic oxidation sites excluding steroid dienone is 1. The molecule has 1 aromatic rings. The highest BCUT2D eigenvalue weighted by Gasteiger charge is 2.67. The summed E-state index contributed by atoms with van der Waals surface area (Å²) in [5.41, 5.74) is 1.78. The first-order valence-electron chi connectivity index (χ1n) is 13.6. The van der Waals surface area contributed by atoms with Crippen LogP contribution in [0, 0.1) is 11.8 Å². The molecule has 0 amide bonds. The van der Waals surface area contributed by atoms with Crippen LogP contribution in [0.5, 0.6) is 0 Å². The van der Waals surface area contributed by atoms with Crippen molar-refractivity contribution in [2.75, 3.05) is 25.0 Å². The lowest BCUT2D eigenvalue weighted by Gasteiger charge is -2.53. The summed E-state index contributed by atoms with van der Waals surface area (Å²) in [5.74, 6) is -0.498. The van der Waals surface area contributed by atoms with E-state index in [1.54, 1.807) is 0 Å². The van der Waals surface area contributed by atoms with Crippen molar-refractivity contribution in [3.05, 3.63) is 41.9 Å². The number of nitrogens with one attached hydrogen (secondary N) is 1. The summed E-state index contributed by atoms with van der Waals surface area (Å²) in [6, 6.07) is 8.36. The molecule has 0 aliphatic carbocycles. The van der Waals surface area contributed by atoms with Gasteiger partial charge < -0.3 is 49.4 Å². The van der Waals surface area contributed by atoms with Crippen LogP contribution in [0.25, 0.3) is 0 Å². The van der Waals surface area contributed by atoms with Crippen LogP contribution in [0.1, 0.15) is 31.2 Å². The Kier molecular flexibility index (Phi) is 6.17. The SMILES string of the molecule is CC(=O)OC1=CO[C@@H](O[C@@H]2O[C@H](CO)[C@@H](O)[C@H](O)[C@H]2O)[C@H]2[C@@H]1C[C@@]13O[C@@H]2CN1CCC1c2ccccc2NC13. The van der Waals surface area contributed by atoms with Gasteiger partial charge in [0.2, 0.25) is 6.29 Å². The highest BCUT2D eigenvalue weighted by molar-refractivity contribution is 5.67. The molecule has 2 unspecified atom stereocenters. The monoisotopic (exact) mass is 546 g/mol. The fourth-order valence-electron chi connectivity index (χ4n) is 7.62. The lowest BCUT2D eigenvalue weighted by Crippen LogP contribution is -2.64. The molecule has 6 aliphatic heterocycles. The number of hydrogen-bond acceptors (Lipinski definition) is 12. The number of nitrogens with zero attached hydrogens (tertiary/aromatic N) is 1. The summed E-state index contributed by atoms with van der Waals surface area (Å²) in [5, 5.41) is 44.3. The normalized spacial score (nSPS) is 46.1. The topological polar surface area (TPSA) is 159 Å². The van der Waals surface area contributed by atoms with Gasteiger partial charge in [-0.05, 0) is 18.1 Å². The fourth-order valence-corrected chi connectivity index (χ4v) is 7.62. The molecule has 212 valence electrons. The third kappa shape index (κ3) is 3.85. The van der Waals surface area contributed by atoms with Crippen LogP contribution in [0.15, 0.2) is 36.3 Å². The Balaban J connectivity index is 1.20. The number of carbonyl (C=O) groups excluding carboxylic acids is 1. The first-order chi connectivity index (χ1) is 18.8. The van der Waals surface area contributed by atoms with Crippen LogP contribution in [0.4, 0.5) is 5.69 Å². The Morgan fingerprint density at radius 2 is 1.97 bits per heavy atom. The van der Waals surface area contributed by atoms with E-state index in [4.69, 9.17) is 23.7 Å². The molecule has 2 bridgehead atoms. The summed E-state index contributed by atoms with van der Waals surface area (Å²) in [4.78, 5) is 14.4. The summed E-state index contributed by atoms with van der Waals surface area (Å²) < 4.78 is 30.1. The number of aliphatic hydroxyl groups is 4. The predicted octanol–water partition coefficient (Wildman–Crippen LogP) is -0.421. The van der Waals surface area contributed by atoms with E-state index in [1.165, 1.54) is 18.7 Å². The molecule has 0 saturated carbocycles. The van der Waals surface area contributed by atoms with Gasteiger partial charge in [-0.1, -0.05) is 18.2 Å². The van der Waals surface area contributed by atoms with E-state index in [0.29, 0.717) is 18.7 Å². The number of benzene rings is 1. The molecule has 4 saturated heterocycles. The number of anilines is 1. The molecule has 6 heterocycles. The average Bonchev–Trinajstić information content (AvgIpc) is 3.45. The third-order valence-corrected chi connectivity index (χ3v) is 9.34. The van der Waals surface area contributed by atoms with Crippen LogP contribution in [0.3, 0.4) is 0 Å². The molecular weight excluding hydrogens is 512 g/mol. The number of ether oxygens (including phenoxy) is 5. The van der Waals surface area contributed by atoms with Crippen LogP contribution >= 0.6 is 0 Å². The second kappa shape index (κ2) is 9.38. The lowest BCUT2D eigenvalue weighted by molar-refractivity contribution is -0.351. The van der Waals surface area contributed by atoms with Crippen molar-refractivity contribution >= 4 is 11.7 Å². The van der Waals surface area contributed by atoms with Gasteiger partial charge in [-0.2, -0.15) is 0 Å². The zero-order valence-corrected chi connectivity index (χ0v) is 21.5. The molecule has 5 N–H and O–H groups in total. The standard InChI is InChI=1S/C27H34N2O10/c1-12(31)36-19-11-35-25(38-26-23(34)22(33)21(32)18(10-30)37-26)20-15(19)8-27-24-14(6-7-29(27)9-17(20)39-27)13-4-2-3-5-16(13)28-24/h2-5,11,14-15,17-18,20-26,28,30,32-34H,6-10H2,1H3/t14?,15-,17-,18-,20+,21-,22+,23-,24?,25+,26+,27+/m1/s1. The number of aliphatic hydroxyl groups excluding tert-OH is 4. The summed E-state index contributed by atoms with van der Waals surface area (Å²) >= 11 is 0. The molecule has 12 nitrogen and oxygen atoms in total. The van der Waals surface area contributed by atoms with Gasteiger partial charge in [0.15, 0.2) is 6.29 Å². The van der Waals surface area contributed by atoms with Crippen LogP contribution in [-0.4, -0.2) is 106 Å². The molecular formula is C27H34N2O10. The lowest BCUT2D eigenvalue weighted by atomic mass is 9.73. The Bertz CT molecular complexity index is 1160. The molecule has 6 aliphatic rings. The van der Waals surface area contributed by atoms with E-state index in [9.17, 15) is 25.2 Å². The maximum absolute atomic E-state index is 12.0. The molecule has 0 aromatic heterocycles. The third-order valence-electron chi connectivity index (χ3n) is 9.34. The van der Waals surface area contributed by atoms with Gasteiger partial charge in [0.1, 0.15) is 42.2 Å². The van der Waals surface area contributed by atoms with Crippen molar-refractivity contribution in [2.45, 2.75) is 80.5 Å². The van der Waals surface area contributed by atoms with Crippen molar-refractivity contribution in [3.8, 4) is 0 Å². The summed E-state index contributed by atoms with van der Waals surface area (Å²) in [6.07, 6.45) is -5.57. The minimum Gasteiger partial charge on any atom is -0.468 e. The van der Waals surface area contributed by atoms with Gasteiger partial charge in [0.05, 0.1) is 24.7 Å². The van der Waals surface area contributed by atoms with Crippen molar-refractivity contribution < 1.29 is 48.9 Å². The molecule has 7 rings (SSSR count). The summed E-state index contributed by atoms with van der Waals surface area (Å²) in [7, 11) is 0. The molecule has 1 spiro atoms. The number of para-hydroxylation sites is 1. The number of fused-ring (bicyclic) bond motifs is 6. The second-order valence-electron chi connectivity index (χ2n) is 11.4. The minimum atomic E-state index is -1.58. The molecule has 39 heavy (non-hydrogen) atoms. The molecule has 0 radical (unpaired) electrons. The molecule has 12 atom stereocenters. The van der Waals surface area contributed by atoms with Crippen LogP contribution in [-0.2, 0) is 28.5 Å². The average molecular weight is 547 g/mol. The van der Waals surface area contributed by atoms with E-state index >= 15 is 0 Å². The maximum atomic E-state index is 12.0. The van der Waals surface area contributed by atoms with Gasteiger partial charge >= 0.3 is 5.97 Å². The Morgan fingerprint density at radius 1 is 1.15 bits per heavy atom. The van der Waals surface area contributed by atoms with E-state index in [2.05, 4.69) is 28.4 Å². The van der Waals surface area contributed by atoms with E-state index in [1.807, 2.05) is 6.07 Å². The van der Waals surface area contributed by atoms with Gasteiger partial charge in [0.25, 0.3) is 0 Å². The van der Waals surface area contributed by atoms with Crippen LogP contribution < -0.4 is 5.32 Å². The van der Waals surface area contributed by atoms with Crippen molar-refractivity contribution in [3.63, 3.8) is 0 Å². The highest BCUT2D eigenvalue weighted by Crippen LogP contribution is 2.58. The maximum Gasteiger partial charge on any atom is 0.307 e. The number of rotatable bonds is 4. The summed E-state index contributed by atoms with van der Waals surface area (Å²) in [6.45, 7) is 2.24. The second-order valence-corrected chi connectivity index (χ2v) is 11.4. The Labute approximate surface area is 225 Å².